The number of ether oxygens (including phenoxy) is 2. The van der Waals surface area contributed by atoms with Gasteiger partial charge in [-0.2, -0.15) is 0 Å². The van der Waals surface area contributed by atoms with Crippen molar-refractivity contribution in [1.82, 2.24) is 9.97 Å². The zero-order chi connectivity index (χ0) is 21.3. The molecular weight excluding hydrogens is 414 g/mol. The summed E-state index contributed by atoms with van der Waals surface area (Å²) in [5, 5.41) is 1.21. The van der Waals surface area contributed by atoms with Crippen molar-refractivity contribution in [3.05, 3.63) is 35.1 Å². The maximum absolute atomic E-state index is 11.5. The smallest absolute Gasteiger partial charge is 0.349 e. The number of nitrogens with two attached hydrogens (primary N) is 1. The molecule has 6 nitrogen and oxygen atoms in total. The number of hydrogen-bond acceptors (Lipinski definition) is 6. The third kappa shape index (κ3) is 7.71. The van der Waals surface area contributed by atoms with Crippen LogP contribution in [0.15, 0.2) is 24.5 Å². The minimum atomic E-state index is -0.803. The van der Waals surface area contributed by atoms with Crippen LogP contribution in [-0.4, -0.2) is 49.2 Å². The molecule has 0 fully saturated rings. The van der Waals surface area contributed by atoms with Gasteiger partial charge in [0.1, 0.15) is 10.5 Å². The lowest BCUT2D eigenvalue weighted by Crippen LogP contribution is -2.21. The highest BCUT2D eigenvalue weighted by Crippen LogP contribution is 2.27. The Labute approximate surface area is 177 Å². The number of pyridine rings is 1. The third-order valence-corrected chi connectivity index (χ3v) is 5.96. The number of nitrogens with one attached hydrogen (secondary N) is 1. The quantitative estimate of drug-likeness (QED) is 0.286. The van der Waals surface area contributed by atoms with E-state index < -0.39 is 14.0 Å². The normalized spacial score (nSPS) is 11.7. The number of aromatic amines is 1. The second kappa shape index (κ2) is 11.3. The maximum Gasteiger partial charge on any atom is 0.349 e. The van der Waals surface area contributed by atoms with E-state index in [1.165, 1.54) is 12.1 Å². The number of halogens is 1. The summed E-state index contributed by atoms with van der Waals surface area (Å²) in [7, 11) is 0.961. The van der Waals surface area contributed by atoms with Crippen LogP contribution in [0.3, 0.4) is 0 Å². The fraction of sp³-hybridized carbons (Fsp3) is 0.421. The summed E-state index contributed by atoms with van der Waals surface area (Å²) in [6.07, 6.45) is 4.65. The number of thiocarbonyl (C=S) groups is 1. The summed E-state index contributed by atoms with van der Waals surface area (Å²) in [5.41, 5.74) is 7.55. The summed E-state index contributed by atoms with van der Waals surface area (Å²) in [4.78, 5) is 18.6. The first-order valence-electron chi connectivity index (χ1n) is 8.89. The molecule has 0 saturated heterocycles. The van der Waals surface area contributed by atoms with Crippen molar-refractivity contribution in [2.45, 2.75) is 32.6 Å². The molecule has 3 N–H and O–H groups in total. The molecule has 0 saturated carbocycles. The fourth-order valence-corrected chi connectivity index (χ4v) is 3.38. The Bertz CT molecular complexity index is 847. The molecule has 0 unspecified atom stereocenters. The van der Waals surface area contributed by atoms with E-state index in [0.717, 1.165) is 6.61 Å². The monoisotopic (exact) mass is 441 g/mol. The molecule has 9 heteroatoms. The van der Waals surface area contributed by atoms with Crippen molar-refractivity contribution in [2.24, 2.45) is 5.73 Å². The van der Waals surface area contributed by atoms with Gasteiger partial charge in [-0.25, -0.2) is 9.78 Å². The van der Waals surface area contributed by atoms with Crippen molar-refractivity contribution in [2.75, 3.05) is 20.3 Å². The van der Waals surface area contributed by atoms with Gasteiger partial charge in [-0.15, -0.1) is 0 Å². The minimum Gasteiger partial charge on any atom is -0.462 e. The van der Waals surface area contributed by atoms with Gasteiger partial charge in [-0.05, 0) is 25.1 Å². The number of methoxy groups -OCH3 is 1. The second-order valence-corrected chi connectivity index (χ2v) is 13.7. The van der Waals surface area contributed by atoms with Crippen LogP contribution in [0.2, 0.25) is 30.7 Å². The first-order valence-corrected chi connectivity index (χ1v) is 13.4. The average molecular weight is 442 g/mol. The van der Waals surface area contributed by atoms with Crippen LogP contribution in [0, 0.1) is 0 Å². The first kappa shape index (κ1) is 24.3. The summed E-state index contributed by atoms with van der Waals surface area (Å²) in [6.45, 7) is 9.97. The van der Waals surface area contributed by atoms with Gasteiger partial charge < -0.3 is 20.2 Å². The molecule has 2 aromatic heterocycles. The second-order valence-electron chi connectivity index (χ2n) is 7.21. The molecule has 2 aromatic rings. The van der Waals surface area contributed by atoms with Crippen molar-refractivity contribution in [1.29, 1.82) is 0 Å². The van der Waals surface area contributed by atoms with E-state index in [2.05, 4.69) is 29.6 Å². The van der Waals surface area contributed by atoms with Crippen molar-refractivity contribution in [3.8, 4) is 0 Å². The minimum absolute atomic E-state index is 0.0127. The predicted molar refractivity (Wildman–Crippen MR) is 123 cm³/mol. The molecule has 0 spiro atoms. The van der Waals surface area contributed by atoms with Gasteiger partial charge in [-0.3, -0.25) is 0 Å². The molecule has 0 bridgehead atoms. The highest BCUT2D eigenvalue weighted by Gasteiger charge is 2.13. The highest BCUT2D eigenvalue weighted by molar-refractivity contribution is 7.82. The SMILES string of the molecule is CCOC(=O)C(=S)C=C(N)c1c[nH]c2nccc(Cl)c12.COCC[Si](C)(C)C. The zero-order valence-corrected chi connectivity index (χ0v) is 19.5. The van der Waals surface area contributed by atoms with Gasteiger partial charge in [-0.1, -0.05) is 43.5 Å². The Balaban J connectivity index is 0.000000416. The Morgan fingerprint density at radius 3 is 2.64 bits per heavy atom. The van der Waals surface area contributed by atoms with Crippen molar-refractivity contribution in [3.63, 3.8) is 0 Å². The van der Waals surface area contributed by atoms with Crippen LogP contribution >= 0.6 is 23.8 Å². The van der Waals surface area contributed by atoms with Crippen molar-refractivity contribution >= 4 is 59.5 Å². The summed E-state index contributed by atoms with van der Waals surface area (Å²) in [5.74, 6) is -0.575. The van der Waals surface area contributed by atoms with E-state index in [-0.39, 0.29) is 11.5 Å². The van der Waals surface area contributed by atoms with E-state index in [9.17, 15) is 4.79 Å². The Morgan fingerprint density at radius 2 is 2.11 bits per heavy atom. The Kier molecular flexibility index (Phi) is 9.81. The standard InChI is InChI=1S/C13H12ClN3O2S.C6H16OSi/c1-2-19-13(18)10(20)5-9(15)7-6-17-12-11(7)8(14)3-4-16-12;1-7-5-6-8(2,3)4/h3-6H,2,15H2,1H3,(H,16,17);5-6H2,1-4H3. The fourth-order valence-electron chi connectivity index (χ4n) is 2.13. The lowest BCUT2D eigenvalue weighted by atomic mass is 10.1. The van der Waals surface area contributed by atoms with E-state index in [1.807, 2.05) is 0 Å². The number of rotatable bonds is 7. The van der Waals surface area contributed by atoms with Crippen LogP contribution in [-0.2, 0) is 14.3 Å². The highest BCUT2D eigenvalue weighted by atomic mass is 35.5. The van der Waals surface area contributed by atoms with Crippen LogP contribution in [0.25, 0.3) is 16.7 Å². The topological polar surface area (TPSA) is 90.2 Å². The van der Waals surface area contributed by atoms with E-state index in [4.69, 9.17) is 39.0 Å². The lowest BCUT2D eigenvalue weighted by molar-refractivity contribution is -0.134. The Hall–Kier alpha value is -1.74. The molecule has 154 valence electrons. The molecule has 0 radical (unpaired) electrons. The number of esters is 1. The third-order valence-electron chi connectivity index (χ3n) is 3.65. The molecule has 0 aliphatic rings. The van der Waals surface area contributed by atoms with E-state index in [1.54, 1.807) is 32.5 Å². The van der Waals surface area contributed by atoms with E-state index in [0.29, 0.717) is 27.3 Å². The number of H-pyrrole nitrogens is 1. The van der Waals surface area contributed by atoms with Gasteiger partial charge in [0, 0.05) is 50.8 Å². The molecule has 0 aliphatic heterocycles. The molecule has 0 aromatic carbocycles. The number of carbonyl (C=O) groups excluding carboxylic acids is 1. The number of carbonyl (C=O) groups is 1. The summed E-state index contributed by atoms with van der Waals surface area (Å²) < 4.78 is 9.76. The molecule has 0 aliphatic carbocycles. The van der Waals surface area contributed by atoms with Gasteiger partial charge in [0.05, 0.1) is 11.6 Å². The number of nitrogens with zero attached hydrogens (tertiary/aromatic N) is 1. The van der Waals surface area contributed by atoms with Gasteiger partial charge in [0.2, 0.25) is 0 Å². The predicted octanol–water partition coefficient (Wildman–Crippen LogP) is 4.42. The van der Waals surface area contributed by atoms with Crippen LogP contribution < -0.4 is 5.73 Å². The average Bonchev–Trinajstić information content (AvgIpc) is 3.05. The largest absolute Gasteiger partial charge is 0.462 e. The molecular formula is C19H28ClN3O3SSi. The molecule has 2 heterocycles. The molecule has 28 heavy (non-hydrogen) atoms. The molecule has 0 atom stereocenters. The summed E-state index contributed by atoms with van der Waals surface area (Å²) in [6, 6.07) is 2.95. The summed E-state index contributed by atoms with van der Waals surface area (Å²) >= 11 is 11.1. The van der Waals surface area contributed by atoms with Crippen LogP contribution in [0.5, 0.6) is 0 Å². The van der Waals surface area contributed by atoms with Crippen molar-refractivity contribution < 1.29 is 14.3 Å². The lowest BCUT2D eigenvalue weighted by Gasteiger charge is -2.13. The first-order chi connectivity index (χ1) is 13.1. The molecule has 0 amide bonds. The Morgan fingerprint density at radius 1 is 1.43 bits per heavy atom. The number of fused-ring (bicyclic) bond motifs is 1. The number of hydrogen-bond donors (Lipinski definition) is 2. The number of aromatic nitrogens is 2. The van der Waals surface area contributed by atoms with Gasteiger partial charge in [0.15, 0.2) is 0 Å². The molecule has 2 rings (SSSR count). The zero-order valence-electron chi connectivity index (χ0n) is 17.0. The van der Waals surface area contributed by atoms with Gasteiger partial charge in [0.25, 0.3) is 0 Å². The van der Waals surface area contributed by atoms with Crippen LogP contribution in [0.4, 0.5) is 0 Å². The van der Waals surface area contributed by atoms with E-state index >= 15 is 0 Å². The van der Waals surface area contributed by atoms with Gasteiger partial charge >= 0.3 is 5.97 Å². The van der Waals surface area contributed by atoms with Crippen LogP contribution in [0.1, 0.15) is 12.5 Å². The maximum atomic E-state index is 11.5.